The molecule has 36 heavy (non-hydrogen) atoms. The molecule has 1 heterocycles. The molecule has 0 radical (unpaired) electrons. The van der Waals surface area contributed by atoms with Gasteiger partial charge in [-0.2, -0.15) is 0 Å². The van der Waals surface area contributed by atoms with Crippen LogP contribution in [0.5, 0.6) is 0 Å². The summed E-state index contributed by atoms with van der Waals surface area (Å²) in [5.41, 5.74) is 2.78. The first-order valence-electron chi connectivity index (χ1n) is 12.0. The summed E-state index contributed by atoms with van der Waals surface area (Å²) in [7, 11) is -4.01. The van der Waals surface area contributed by atoms with E-state index in [0.29, 0.717) is 12.8 Å². The molecule has 3 aromatic rings. The molecule has 1 aliphatic rings. The number of hydrogen-bond donors (Lipinski definition) is 1. The predicted octanol–water partition coefficient (Wildman–Crippen LogP) is 5.54. The topological polar surface area (TPSA) is 93.1 Å². The minimum absolute atomic E-state index is 0.0526. The van der Waals surface area contributed by atoms with E-state index in [2.05, 4.69) is 0 Å². The maximum Gasteiger partial charge on any atom is 0.416 e. The molecule has 7 nitrogen and oxygen atoms in total. The highest BCUT2D eigenvalue weighted by Gasteiger charge is 2.37. The Morgan fingerprint density at radius 2 is 1.56 bits per heavy atom. The molecule has 3 unspecified atom stereocenters. The zero-order valence-electron chi connectivity index (χ0n) is 19.9. The van der Waals surface area contributed by atoms with Gasteiger partial charge in [0.05, 0.1) is 18.3 Å². The number of carbonyl (C=O) groups excluding carboxylic acids is 2. The number of ether oxygens (including phenoxy) is 1. The first-order valence-corrected chi connectivity index (χ1v) is 13.8. The molecule has 1 fully saturated rings. The van der Waals surface area contributed by atoms with E-state index in [0.717, 1.165) is 21.6 Å². The minimum Gasteiger partial charge on any atom is -0.447 e. The fourth-order valence-electron chi connectivity index (χ4n) is 4.32. The molecule has 0 spiro atoms. The van der Waals surface area contributed by atoms with Gasteiger partial charge in [0.15, 0.2) is 0 Å². The predicted molar refractivity (Wildman–Crippen MR) is 136 cm³/mol. The van der Waals surface area contributed by atoms with Crippen LogP contribution in [0.2, 0.25) is 0 Å². The quantitative estimate of drug-likeness (QED) is 0.343. The van der Waals surface area contributed by atoms with E-state index in [4.69, 9.17) is 9.26 Å². The number of imide groups is 1. The van der Waals surface area contributed by atoms with Crippen LogP contribution < -0.4 is 0 Å². The fraction of sp³-hybridized carbons (Fsp3) is 0.286. The lowest BCUT2D eigenvalue weighted by molar-refractivity contribution is -0.129. The van der Waals surface area contributed by atoms with Crippen molar-refractivity contribution in [2.24, 2.45) is 0 Å². The van der Waals surface area contributed by atoms with E-state index in [-0.39, 0.29) is 25.6 Å². The van der Waals surface area contributed by atoms with Crippen molar-refractivity contribution in [2.75, 3.05) is 12.8 Å². The standard InChI is InChI=1S/C28H30NO6P/c30-27(29-25(21-34-28(29)31)19-22-11-4-1-5-12-22)17-10-18-36(32,33)35-26(24-15-8-3-9-16-24)20-23-13-6-2-7-14-23/h1-9,11-16,25-26H,10,17-21H2,(H,32,33). The third kappa shape index (κ3) is 7.14. The van der Waals surface area contributed by atoms with Crippen LogP contribution in [0.4, 0.5) is 4.79 Å². The molecule has 0 aliphatic carbocycles. The Balaban J connectivity index is 1.35. The molecule has 1 N–H and O–H groups in total. The highest BCUT2D eigenvalue weighted by molar-refractivity contribution is 7.52. The zero-order valence-corrected chi connectivity index (χ0v) is 20.8. The van der Waals surface area contributed by atoms with Crippen LogP contribution in [0, 0.1) is 0 Å². The third-order valence-corrected chi connectivity index (χ3v) is 7.57. The van der Waals surface area contributed by atoms with Crippen molar-refractivity contribution in [3.05, 3.63) is 108 Å². The summed E-state index contributed by atoms with van der Waals surface area (Å²) in [5, 5.41) is 0. The number of carbonyl (C=O) groups is 2. The smallest absolute Gasteiger partial charge is 0.416 e. The van der Waals surface area contributed by atoms with Gasteiger partial charge in [-0.25, -0.2) is 9.69 Å². The first kappa shape index (κ1) is 25.8. The molecule has 4 rings (SSSR count). The second-order valence-electron chi connectivity index (χ2n) is 8.84. The summed E-state index contributed by atoms with van der Waals surface area (Å²) >= 11 is 0. The van der Waals surface area contributed by atoms with Gasteiger partial charge in [0.25, 0.3) is 0 Å². The molecule has 0 bridgehead atoms. The third-order valence-electron chi connectivity index (χ3n) is 6.10. The van der Waals surface area contributed by atoms with E-state index in [1.807, 2.05) is 91.0 Å². The molecular formula is C28H30NO6P. The average molecular weight is 508 g/mol. The van der Waals surface area contributed by atoms with Gasteiger partial charge in [-0.05, 0) is 29.5 Å². The van der Waals surface area contributed by atoms with Gasteiger partial charge in [0.2, 0.25) is 5.91 Å². The van der Waals surface area contributed by atoms with Crippen LogP contribution in [0.15, 0.2) is 91.0 Å². The second-order valence-corrected chi connectivity index (χ2v) is 10.8. The SMILES string of the molecule is O=C(CCCP(=O)(O)OC(Cc1ccccc1)c1ccccc1)N1C(=O)OCC1Cc1ccccc1. The Hall–Kier alpha value is -3.25. The van der Waals surface area contributed by atoms with Crippen LogP contribution in [0.25, 0.3) is 0 Å². The Kier molecular flexibility index (Phi) is 8.70. The maximum absolute atomic E-state index is 13.0. The zero-order chi connectivity index (χ0) is 25.4. The van der Waals surface area contributed by atoms with E-state index in [9.17, 15) is 19.0 Å². The Morgan fingerprint density at radius 3 is 2.19 bits per heavy atom. The van der Waals surface area contributed by atoms with Crippen LogP contribution >= 0.6 is 7.60 Å². The van der Waals surface area contributed by atoms with Crippen molar-refractivity contribution in [1.29, 1.82) is 0 Å². The van der Waals surface area contributed by atoms with Crippen LogP contribution in [0.1, 0.15) is 35.6 Å². The van der Waals surface area contributed by atoms with E-state index in [1.165, 1.54) is 0 Å². The van der Waals surface area contributed by atoms with Gasteiger partial charge in [0, 0.05) is 12.8 Å². The number of hydrogen-bond acceptors (Lipinski definition) is 5. The van der Waals surface area contributed by atoms with Crippen molar-refractivity contribution >= 4 is 19.6 Å². The second kappa shape index (κ2) is 12.1. The highest BCUT2D eigenvalue weighted by Crippen LogP contribution is 2.48. The number of cyclic esters (lactones) is 1. The molecule has 8 heteroatoms. The molecule has 3 aromatic carbocycles. The fourth-order valence-corrected chi connectivity index (χ4v) is 5.57. The number of benzene rings is 3. The molecule has 1 aliphatic heterocycles. The van der Waals surface area contributed by atoms with Gasteiger partial charge in [-0.1, -0.05) is 91.0 Å². The monoisotopic (exact) mass is 507 g/mol. The minimum atomic E-state index is -4.01. The maximum atomic E-state index is 13.0. The summed E-state index contributed by atoms with van der Waals surface area (Å²) in [6.45, 7) is 0.138. The van der Waals surface area contributed by atoms with Crippen molar-refractivity contribution in [1.82, 2.24) is 4.90 Å². The number of rotatable bonds is 11. The Labute approximate surface area is 211 Å². The highest BCUT2D eigenvalue weighted by atomic mass is 31.2. The molecular weight excluding hydrogens is 477 g/mol. The lowest BCUT2D eigenvalue weighted by Crippen LogP contribution is -2.40. The van der Waals surface area contributed by atoms with E-state index < -0.39 is 31.7 Å². The van der Waals surface area contributed by atoms with Crippen LogP contribution in [-0.4, -0.2) is 40.6 Å². The largest absolute Gasteiger partial charge is 0.447 e. The lowest BCUT2D eigenvalue weighted by atomic mass is 10.0. The van der Waals surface area contributed by atoms with Crippen LogP contribution in [0.3, 0.4) is 0 Å². The van der Waals surface area contributed by atoms with Gasteiger partial charge in [-0.3, -0.25) is 9.36 Å². The van der Waals surface area contributed by atoms with Crippen molar-refractivity contribution < 1.29 is 28.3 Å². The average Bonchev–Trinajstić information content (AvgIpc) is 3.25. The van der Waals surface area contributed by atoms with E-state index >= 15 is 0 Å². The number of nitrogens with zero attached hydrogens (tertiary/aromatic N) is 1. The number of amides is 2. The summed E-state index contributed by atoms with van der Waals surface area (Å²) < 4.78 is 23.8. The lowest BCUT2D eigenvalue weighted by Gasteiger charge is -2.23. The Bertz CT molecular complexity index is 1190. The van der Waals surface area contributed by atoms with Crippen molar-refractivity contribution in [3.63, 3.8) is 0 Å². The van der Waals surface area contributed by atoms with Gasteiger partial charge in [0.1, 0.15) is 6.61 Å². The molecule has 2 amide bonds. The first-order chi connectivity index (χ1) is 17.4. The molecule has 3 atom stereocenters. The molecule has 0 saturated carbocycles. The molecule has 188 valence electrons. The Morgan fingerprint density at radius 1 is 0.972 bits per heavy atom. The van der Waals surface area contributed by atoms with Crippen molar-refractivity contribution in [3.8, 4) is 0 Å². The molecule has 0 aromatic heterocycles. The van der Waals surface area contributed by atoms with E-state index in [1.54, 1.807) is 0 Å². The molecule has 1 saturated heterocycles. The summed E-state index contributed by atoms with van der Waals surface area (Å²) in [5.74, 6) is -0.415. The summed E-state index contributed by atoms with van der Waals surface area (Å²) in [6, 6.07) is 28.1. The van der Waals surface area contributed by atoms with Crippen molar-refractivity contribution in [2.45, 2.75) is 37.8 Å². The van der Waals surface area contributed by atoms with Gasteiger partial charge < -0.3 is 14.2 Å². The van der Waals surface area contributed by atoms with Gasteiger partial charge in [-0.15, -0.1) is 0 Å². The van der Waals surface area contributed by atoms with Gasteiger partial charge >= 0.3 is 13.7 Å². The van der Waals surface area contributed by atoms with Crippen LogP contribution in [-0.2, 0) is 31.5 Å². The summed E-state index contributed by atoms with van der Waals surface area (Å²) in [4.78, 5) is 36.8. The normalized spacial score (nSPS) is 17.9. The summed E-state index contributed by atoms with van der Waals surface area (Å²) in [6.07, 6.45) is -0.471.